The monoisotopic (exact) mass is 623 g/mol. The summed E-state index contributed by atoms with van der Waals surface area (Å²) >= 11 is 0. The third-order valence-corrected chi connectivity index (χ3v) is 8.95. The molecule has 0 saturated carbocycles. The maximum absolute atomic E-state index is 13.4. The fraction of sp³-hybridized carbons (Fsp3) is 0.950. The van der Waals surface area contributed by atoms with Crippen LogP contribution in [0.25, 0.3) is 0 Å². The molecule has 0 aliphatic rings. The lowest BCUT2D eigenvalue weighted by molar-refractivity contribution is -0.162. The van der Waals surface area contributed by atoms with Crippen molar-refractivity contribution in [2.75, 3.05) is 13.2 Å². The van der Waals surface area contributed by atoms with Crippen molar-refractivity contribution in [2.24, 2.45) is 23.7 Å². The lowest BCUT2D eigenvalue weighted by Gasteiger charge is -2.25. The van der Waals surface area contributed by atoms with Crippen LogP contribution in [0.15, 0.2) is 0 Å². The van der Waals surface area contributed by atoms with Crippen molar-refractivity contribution in [2.45, 2.75) is 208 Å². The van der Waals surface area contributed by atoms with Crippen molar-refractivity contribution < 1.29 is 19.1 Å². The van der Waals surface area contributed by atoms with Gasteiger partial charge in [-0.3, -0.25) is 9.59 Å². The zero-order valence-electron chi connectivity index (χ0n) is 30.7. The van der Waals surface area contributed by atoms with Gasteiger partial charge in [0, 0.05) is 0 Å². The minimum Gasteiger partial charge on any atom is -0.465 e. The number of rotatable bonds is 33. The van der Waals surface area contributed by atoms with Gasteiger partial charge in [-0.25, -0.2) is 0 Å². The largest absolute Gasteiger partial charge is 0.465 e. The van der Waals surface area contributed by atoms with E-state index >= 15 is 0 Å². The van der Waals surface area contributed by atoms with Crippen LogP contribution >= 0.6 is 0 Å². The molecule has 0 saturated heterocycles. The number of carbonyl (C=O) groups excluding carboxylic acids is 2. The lowest BCUT2D eigenvalue weighted by Crippen LogP contribution is -2.34. The van der Waals surface area contributed by atoms with E-state index in [-0.39, 0.29) is 35.6 Å². The molecule has 262 valence electrons. The Morgan fingerprint density at radius 2 is 0.614 bits per heavy atom. The van der Waals surface area contributed by atoms with E-state index < -0.39 is 0 Å². The first kappa shape index (κ1) is 42.9. The molecule has 0 fully saturated rings. The van der Waals surface area contributed by atoms with E-state index in [1.54, 1.807) is 0 Å². The van der Waals surface area contributed by atoms with Gasteiger partial charge in [-0.1, -0.05) is 196 Å². The van der Waals surface area contributed by atoms with Gasteiger partial charge >= 0.3 is 11.9 Å². The molecule has 0 aromatic heterocycles. The summed E-state index contributed by atoms with van der Waals surface area (Å²) in [7, 11) is 0. The van der Waals surface area contributed by atoms with Crippen LogP contribution in [0.1, 0.15) is 208 Å². The highest BCUT2D eigenvalue weighted by Gasteiger charge is 2.35. The van der Waals surface area contributed by atoms with Crippen molar-refractivity contribution >= 4 is 11.9 Å². The van der Waals surface area contributed by atoms with Crippen LogP contribution in [0, 0.1) is 23.7 Å². The summed E-state index contributed by atoms with van der Waals surface area (Å²) < 4.78 is 11.5. The van der Waals surface area contributed by atoms with E-state index in [0.29, 0.717) is 13.2 Å². The van der Waals surface area contributed by atoms with Crippen molar-refractivity contribution in [1.82, 2.24) is 0 Å². The molecule has 2 atom stereocenters. The maximum atomic E-state index is 13.4. The van der Waals surface area contributed by atoms with Crippen LogP contribution in [0.4, 0.5) is 0 Å². The second-order valence-corrected chi connectivity index (χ2v) is 14.6. The Hall–Kier alpha value is -1.06. The Morgan fingerprint density at radius 1 is 0.386 bits per heavy atom. The minimum atomic E-state index is -0.385. The van der Waals surface area contributed by atoms with E-state index in [1.165, 1.54) is 128 Å². The number of hydrogen-bond acceptors (Lipinski definition) is 4. The molecule has 0 aromatic rings. The van der Waals surface area contributed by atoms with Crippen LogP contribution in [-0.2, 0) is 19.1 Å². The number of esters is 2. The first-order chi connectivity index (χ1) is 21.3. The van der Waals surface area contributed by atoms with Gasteiger partial charge in [0.2, 0.25) is 0 Å². The van der Waals surface area contributed by atoms with Gasteiger partial charge in [0.1, 0.15) is 0 Å². The predicted octanol–water partition coefficient (Wildman–Crippen LogP) is 12.8. The van der Waals surface area contributed by atoms with Gasteiger partial charge in [-0.15, -0.1) is 0 Å². The Balaban J connectivity index is 4.75. The first-order valence-electron chi connectivity index (χ1n) is 19.7. The number of unbranched alkanes of at least 4 members (excludes halogenated alkanes) is 22. The average Bonchev–Trinajstić information content (AvgIpc) is 3.00. The van der Waals surface area contributed by atoms with Crippen molar-refractivity contribution in [1.29, 1.82) is 0 Å². The zero-order chi connectivity index (χ0) is 32.7. The summed E-state index contributed by atoms with van der Waals surface area (Å²) in [4.78, 5) is 26.7. The molecular weight excluding hydrogens is 544 g/mol. The average molecular weight is 623 g/mol. The fourth-order valence-electron chi connectivity index (χ4n) is 6.09. The molecule has 0 heterocycles. The summed E-state index contributed by atoms with van der Waals surface area (Å²) in [6.07, 6.45) is 32.4. The molecule has 0 amide bonds. The number of hydrogen-bond donors (Lipinski definition) is 0. The maximum Gasteiger partial charge on any atom is 0.309 e. The van der Waals surface area contributed by atoms with Crippen molar-refractivity contribution in [3.05, 3.63) is 0 Å². The molecule has 0 aromatic carbocycles. The normalized spacial score (nSPS) is 13.0. The van der Waals surface area contributed by atoms with E-state index in [4.69, 9.17) is 9.47 Å². The van der Waals surface area contributed by atoms with Crippen LogP contribution in [-0.4, -0.2) is 25.2 Å². The summed E-state index contributed by atoms with van der Waals surface area (Å²) in [5.74, 6) is -0.573. The molecule has 0 radical (unpaired) electrons. The standard InChI is InChI=1S/C40H78O4/c1-7-9-11-13-15-17-19-21-23-25-27-29-31-37(39(41)43-33-35(3)4)38(40(42)44-34-36(5)6)32-30-28-26-24-22-20-18-16-14-12-10-8-2/h35-38H,7-34H2,1-6H3. The van der Waals surface area contributed by atoms with Crippen molar-refractivity contribution in [3.8, 4) is 0 Å². The van der Waals surface area contributed by atoms with Crippen LogP contribution < -0.4 is 0 Å². The van der Waals surface area contributed by atoms with E-state index in [1.807, 2.05) is 0 Å². The number of carbonyl (C=O) groups is 2. The highest BCUT2D eigenvalue weighted by Crippen LogP contribution is 2.29. The topological polar surface area (TPSA) is 52.6 Å². The summed E-state index contributed by atoms with van der Waals surface area (Å²) in [6, 6.07) is 0. The van der Waals surface area contributed by atoms with Gasteiger partial charge in [-0.05, 0) is 24.7 Å². The molecule has 4 heteroatoms. The molecular formula is C40H78O4. The van der Waals surface area contributed by atoms with Gasteiger partial charge in [0.25, 0.3) is 0 Å². The molecule has 0 bridgehead atoms. The third kappa shape index (κ3) is 27.3. The zero-order valence-corrected chi connectivity index (χ0v) is 30.7. The fourth-order valence-corrected chi connectivity index (χ4v) is 6.09. The van der Waals surface area contributed by atoms with Crippen molar-refractivity contribution in [3.63, 3.8) is 0 Å². The summed E-state index contributed by atoms with van der Waals surface area (Å²) in [6.45, 7) is 13.6. The number of ether oxygens (including phenoxy) is 2. The second kappa shape index (κ2) is 31.9. The van der Waals surface area contributed by atoms with Gasteiger partial charge in [0.15, 0.2) is 0 Å². The molecule has 4 nitrogen and oxygen atoms in total. The Labute approximate surface area is 276 Å². The van der Waals surface area contributed by atoms with Gasteiger partial charge in [-0.2, -0.15) is 0 Å². The molecule has 2 unspecified atom stereocenters. The first-order valence-corrected chi connectivity index (χ1v) is 19.7. The third-order valence-electron chi connectivity index (χ3n) is 8.95. The molecule has 0 aliphatic heterocycles. The summed E-state index contributed by atoms with van der Waals surface area (Å²) in [5, 5.41) is 0. The highest BCUT2D eigenvalue weighted by atomic mass is 16.5. The SMILES string of the molecule is CCCCCCCCCCCCCCC(C(=O)OCC(C)C)C(CCCCCCCCCCCCCC)C(=O)OCC(C)C. The Kier molecular flexibility index (Phi) is 31.1. The van der Waals surface area contributed by atoms with Gasteiger partial charge in [0.05, 0.1) is 25.0 Å². The quantitative estimate of drug-likeness (QED) is 0.0539. The van der Waals surface area contributed by atoms with E-state index in [0.717, 1.165) is 38.5 Å². The van der Waals surface area contributed by atoms with Crippen LogP contribution in [0.2, 0.25) is 0 Å². The van der Waals surface area contributed by atoms with Crippen LogP contribution in [0.5, 0.6) is 0 Å². The van der Waals surface area contributed by atoms with E-state index in [2.05, 4.69) is 41.5 Å². The minimum absolute atomic E-state index is 0.188. The molecule has 0 aliphatic carbocycles. The smallest absolute Gasteiger partial charge is 0.309 e. The molecule has 0 spiro atoms. The van der Waals surface area contributed by atoms with E-state index in [9.17, 15) is 9.59 Å². The van der Waals surface area contributed by atoms with Gasteiger partial charge < -0.3 is 9.47 Å². The molecule has 0 N–H and O–H groups in total. The molecule has 0 rings (SSSR count). The Bertz CT molecular complexity index is 575. The predicted molar refractivity (Wildman–Crippen MR) is 190 cm³/mol. The van der Waals surface area contributed by atoms with Crippen LogP contribution in [0.3, 0.4) is 0 Å². The molecule has 44 heavy (non-hydrogen) atoms. The Morgan fingerprint density at radius 3 is 0.841 bits per heavy atom. The highest BCUT2D eigenvalue weighted by molar-refractivity contribution is 5.82. The lowest BCUT2D eigenvalue weighted by atomic mass is 9.83. The summed E-state index contributed by atoms with van der Waals surface area (Å²) in [5.41, 5.74) is 0. The second-order valence-electron chi connectivity index (χ2n) is 14.6.